The summed E-state index contributed by atoms with van der Waals surface area (Å²) >= 11 is 0. The third-order valence-electron chi connectivity index (χ3n) is 2.93. The van der Waals surface area contributed by atoms with Gasteiger partial charge in [0.15, 0.2) is 0 Å². The van der Waals surface area contributed by atoms with Gasteiger partial charge in [-0.25, -0.2) is 4.39 Å². The van der Waals surface area contributed by atoms with Gasteiger partial charge in [-0.05, 0) is 55.3 Å². The Morgan fingerprint density at radius 2 is 1.90 bits per heavy atom. The highest BCUT2D eigenvalue weighted by molar-refractivity contribution is 5.50. The van der Waals surface area contributed by atoms with Gasteiger partial charge in [0.1, 0.15) is 11.6 Å². The van der Waals surface area contributed by atoms with Crippen molar-refractivity contribution in [3.8, 4) is 11.5 Å². The van der Waals surface area contributed by atoms with Crippen molar-refractivity contribution in [2.45, 2.75) is 12.8 Å². The Bertz CT molecular complexity index is 629. The standard InChI is InChI=1S/C15H15FN2O3/c16-12-4-6-13(7-5-12)21-15-8-3-11(2-1-9-17)10-14(15)18(19)20/h3-8,10H,1-2,9,17H2. The number of ether oxygens (including phenoxy) is 1. The summed E-state index contributed by atoms with van der Waals surface area (Å²) in [6.45, 7) is 0.529. The average Bonchev–Trinajstić information content (AvgIpc) is 2.48. The maximum absolute atomic E-state index is 12.8. The summed E-state index contributed by atoms with van der Waals surface area (Å²) in [7, 11) is 0. The van der Waals surface area contributed by atoms with Gasteiger partial charge in [0.2, 0.25) is 5.75 Å². The van der Waals surface area contributed by atoms with Crippen LogP contribution in [0.25, 0.3) is 0 Å². The predicted molar refractivity (Wildman–Crippen MR) is 76.9 cm³/mol. The lowest BCUT2D eigenvalue weighted by atomic mass is 10.1. The Kier molecular flexibility index (Phi) is 4.84. The average molecular weight is 290 g/mol. The van der Waals surface area contributed by atoms with Crippen molar-refractivity contribution >= 4 is 5.69 Å². The molecule has 0 fully saturated rings. The van der Waals surface area contributed by atoms with Gasteiger partial charge < -0.3 is 10.5 Å². The van der Waals surface area contributed by atoms with Crippen molar-refractivity contribution in [3.63, 3.8) is 0 Å². The molecule has 0 amide bonds. The number of halogens is 1. The van der Waals surface area contributed by atoms with Crippen LogP contribution in [0.2, 0.25) is 0 Å². The first-order chi connectivity index (χ1) is 10.1. The molecular weight excluding hydrogens is 275 g/mol. The normalized spacial score (nSPS) is 10.4. The molecule has 0 saturated heterocycles. The van der Waals surface area contributed by atoms with Crippen LogP contribution in [0, 0.1) is 15.9 Å². The van der Waals surface area contributed by atoms with Crippen molar-refractivity contribution in [2.75, 3.05) is 6.54 Å². The van der Waals surface area contributed by atoms with Crippen LogP contribution in [-0.4, -0.2) is 11.5 Å². The van der Waals surface area contributed by atoms with Gasteiger partial charge in [-0.1, -0.05) is 6.07 Å². The molecule has 2 aromatic rings. The maximum Gasteiger partial charge on any atom is 0.311 e. The molecule has 0 heterocycles. The second kappa shape index (κ2) is 6.81. The second-order valence-electron chi connectivity index (χ2n) is 4.51. The highest BCUT2D eigenvalue weighted by atomic mass is 19.1. The van der Waals surface area contributed by atoms with Gasteiger partial charge in [0.25, 0.3) is 0 Å². The van der Waals surface area contributed by atoms with Crippen molar-refractivity contribution in [2.24, 2.45) is 5.73 Å². The highest BCUT2D eigenvalue weighted by Crippen LogP contribution is 2.32. The molecule has 2 N–H and O–H groups in total. The lowest BCUT2D eigenvalue weighted by Gasteiger charge is -2.08. The van der Waals surface area contributed by atoms with Crippen LogP contribution in [0.1, 0.15) is 12.0 Å². The fraction of sp³-hybridized carbons (Fsp3) is 0.200. The lowest BCUT2D eigenvalue weighted by Crippen LogP contribution is -2.01. The van der Waals surface area contributed by atoms with E-state index in [-0.39, 0.29) is 11.4 Å². The number of hydrogen-bond acceptors (Lipinski definition) is 4. The molecule has 0 aliphatic carbocycles. The third kappa shape index (κ3) is 4.00. The van der Waals surface area contributed by atoms with Crippen molar-refractivity contribution in [3.05, 3.63) is 64.0 Å². The SMILES string of the molecule is NCCCc1ccc(Oc2ccc(F)cc2)c([N+](=O)[O-])c1. The minimum absolute atomic E-state index is 0.117. The summed E-state index contributed by atoms with van der Waals surface area (Å²) in [5, 5.41) is 11.1. The van der Waals surface area contributed by atoms with E-state index in [1.165, 1.54) is 30.3 Å². The molecule has 0 radical (unpaired) electrons. The molecule has 110 valence electrons. The van der Waals surface area contributed by atoms with Crippen LogP contribution < -0.4 is 10.5 Å². The lowest BCUT2D eigenvalue weighted by molar-refractivity contribution is -0.385. The fourth-order valence-corrected chi connectivity index (χ4v) is 1.88. The molecule has 0 saturated carbocycles. The summed E-state index contributed by atoms with van der Waals surface area (Å²) in [6, 6.07) is 10.1. The zero-order valence-electron chi connectivity index (χ0n) is 11.3. The number of nitro groups is 1. The third-order valence-corrected chi connectivity index (χ3v) is 2.93. The van der Waals surface area contributed by atoms with Crippen molar-refractivity contribution < 1.29 is 14.1 Å². The molecule has 21 heavy (non-hydrogen) atoms. The molecule has 0 aliphatic rings. The monoisotopic (exact) mass is 290 g/mol. The van der Waals surface area contributed by atoms with Gasteiger partial charge in [0, 0.05) is 6.07 Å². The Morgan fingerprint density at radius 1 is 1.19 bits per heavy atom. The second-order valence-corrected chi connectivity index (χ2v) is 4.51. The van der Waals surface area contributed by atoms with Gasteiger partial charge in [0.05, 0.1) is 4.92 Å². The molecule has 2 aromatic carbocycles. The first-order valence-corrected chi connectivity index (χ1v) is 6.51. The molecule has 5 nitrogen and oxygen atoms in total. The Hall–Kier alpha value is -2.47. The summed E-state index contributed by atoms with van der Waals surface area (Å²) in [5.41, 5.74) is 6.14. The Morgan fingerprint density at radius 3 is 2.52 bits per heavy atom. The number of benzene rings is 2. The van der Waals surface area contributed by atoms with E-state index in [4.69, 9.17) is 10.5 Å². The van der Waals surface area contributed by atoms with Crippen LogP contribution in [0.4, 0.5) is 10.1 Å². The van der Waals surface area contributed by atoms with Crippen molar-refractivity contribution in [1.82, 2.24) is 0 Å². The first-order valence-electron chi connectivity index (χ1n) is 6.51. The van der Waals surface area contributed by atoms with Crippen molar-refractivity contribution in [1.29, 1.82) is 0 Å². The maximum atomic E-state index is 12.8. The minimum atomic E-state index is -0.495. The Balaban J connectivity index is 2.25. The van der Waals surface area contributed by atoms with Crippen LogP contribution in [0.3, 0.4) is 0 Å². The highest BCUT2D eigenvalue weighted by Gasteiger charge is 2.16. The summed E-state index contributed by atoms with van der Waals surface area (Å²) < 4.78 is 18.3. The molecule has 0 unspecified atom stereocenters. The molecule has 0 aromatic heterocycles. The van der Waals surface area contributed by atoms with Gasteiger partial charge in [-0.2, -0.15) is 0 Å². The van der Waals surface area contributed by atoms with Crippen LogP contribution in [0.5, 0.6) is 11.5 Å². The number of hydrogen-bond donors (Lipinski definition) is 1. The molecule has 0 atom stereocenters. The van der Waals surface area contributed by atoms with Crippen LogP contribution in [-0.2, 0) is 6.42 Å². The molecule has 0 aliphatic heterocycles. The van der Waals surface area contributed by atoms with Gasteiger partial charge in [-0.3, -0.25) is 10.1 Å². The fourth-order valence-electron chi connectivity index (χ4n) is 1.88. The van der Waals surface area contributed by atoms with E-state index >= 15 is 0 Å². The quantitative estimate of drug-likeness (QED) is 0.653. The van der Waals surface area contributed by atoms with E-state index in [0.717, 1.165) is 12.0 Å². The molecule has 0 spiro atoms. The number of rotatable bonds is 6. The number of nitrogens with two attached hydrogens (primary N) is 1. The van der Waals surface area contributed by atoms with E-state index in [2.05, 4.69) is 0 Å². The van der Waals surface area contributed by atoms with Crippen LogP contribution >= 0.6 is 0 Å². The topological polar surface area (TPSA) is 78.4 Å². The van der Waals surface area contributed by atoms with E-state index in [0.29, 0.717) is 18.7 Å². The number of nitrogens with zero attached hydrogens (tertiary/aromatic N) is 1. The van der Waals surface area contributed by atoms with Gasteiger partial charge in [-0.15, -0.1) is 0 Å². The van der Waals surface area contributed by atoms with Crippen LogP contribution in [0.15, 0.2) is 42.5 Å². The Labute approximate surface area is 121 Å². The van der Waals surface area contributed by atoms with Gasteiger partial charge >= 0.3 is 5.69 Å². The van der Waals surface area contributed by atoms with E-state index in [1.54, 1.807) is 12.1 Å². The minimum Gasteiger partial charge on any atom is -0.450 e. The molecule has 2 rings (SSSR count). The summed E-state index contributed by atoms with van der Waals surface area (Å²) in [4.78, 5) is 10.6. The predicted octanol–water partition coefficient (Wildman–Crippen LogP) is 3.42. The largest absolute Gasteiger partial charge is 0.450 e. The van der Waals surface area contributed by atoms with E-state index in [9.17, 15) is 14.5 Å². The summed E-state index contributed by atoms with van der Waals surface area (Å²) in [6.07, 6.45) is 1.43. The van der Waals surface area contributed by atoms with E-state index in [1.807, 2.05) is 0 Å². The van der Waals surface area contributed by atoms with E-state index < -0.39 is 10.7 Å². The summed E-state index contributed by atoms with van der Waals surface area (Å²) in [5.74, 6) is 0.0753. The number of nitro benzene ring substituents is 1. The molecule has 0 bridgehead atoms. The zero-order valence-corrected chi connectivity index (χ0v) is 11.3. The first kappa shape index (κ1) is 14.9. The zero-order chi connectivity index (χ0) is 15.2. The smallest absolute Gasteiger partial charge is 0.311 e. The number of aryl methyl sites for hydroxylation is 1. The molecular formula is C15H15FN2O3. The molecule has 6 heteroatoms.